The second-order valence-electron chi connectivity index (χ2n) is 6.24. The van der Waals surface area contributed by atoms with Crippen molar-refractivity contribution in [2.45, 2.75) is 91.1 Å². The maximum atomic E-state index is 11.1. The monoisotopic (exact) mass is 312 g/mol. The first-order chi connectivity index (χ1) is 10.6. The molecule has 22 heavy (non-hydrogen) atoms. The quantitative estimate of drug-likeness (QED) is 0.278. The van der Waals surface area contributed by atoms with Crippen LogP contribution in [0.1, 0.15) is 85.0 Å². The van der Waals surface area contributed by atoms with Gasteiger partial charge in [0.15, 0.2) is 0 Å². The van der Waals surface area contributed by atoms with E-state index >= 15 is 0 Å². The minimum absolute atomic E-state index is 0.0563. The van der Waals surface area contributed by atoms with E-state index in [9.17, 15) is 9.90 Å². The zero-order valence-corrected chi connectivity index (χ0v) is 14.9. The Morgan fingerprint density at radius 1 is 1.00 bits per heavy atom. The lowest BCUT2D eigenvalue weighted by Crippen LogP contribution is -2.11. The van der Waals surface area contributed by atoms with Crippen LogP contribution in [0.3, 0.4) is 0 Å². The van der Waals surface area contributed by atoms with Crippen molar-refractivity contribution in [3.05, 3.63) is 12.2 Å². The van der Waals surface area contributed by atoms with Crippen molar-refractivity contribution >= 4 is 5.97 Å². The van der Waals surface area contributed by atoms with Crippen molar-refractivity contribution in [3.8, 4) is 0 Å². The van der Waals surface area contributed by atoms with Crippen molar-refractivity contribution in [2.24, 2.45) is 5.92 Å². The molecule has 3 heteroatoms. The molecule has 0 bridgehead atoms. The zero-order valence-electron chi connectivity index (χ0n) is 14.9. The van der Waals surface area contributed by atoms with Crippen LogP contribution in [-0.4, -0.2) is 23.8 Å². The minimum Gasteiger partial charge on any atom is -0.466 e. The number of esters is 1. The van der Waals surface area contributed by atoms with Gasteiger partial charge in [0.1, 0.15) is 0 Å². The normalized spacial score (nSPS) is 14.2. The van der Waals surface area contributed by atoms with Crippen LogP contribution in [0.15, 0.2) is 12.2 Å². The SMILES string of the molecule is CCOC(=O)CCCCCCCCC/C=C/C[C@@H](C)[C@H](C)O. The number of aliphatic hydroxyl groups is 1. The smallest absolute Gasteiger partial charge is 0.305 e. The summed E-state index contributed by atoms with van der Waals surface area (Å²) in [4.78, 5) is 11.1. The number of hydrogen-bond donors (Lipinski definition) is 1. The standard InChI is InChI=1S/C19H36O3/c1-4-22-19(21)16-14-12-10-8-6-5-7-9-11-13-15-17(2)18(3)20/h11,13,17-18,20H,4-10,12,14-16H2,1-3H3/b13-11+/t17-,18+/m1/s1. The molecule has 0 rings (SSSR count). The summed E-state index contributed by atoms with van der Waals surface area (Å²) in [7, 11) is 0. The predicted molar refractivity (Wildman–Crippen MR) is 92.8 cm³/mol. The number of allylic oxidation sites excluding steroid dienone is 2. The van der Waals surface area contributed by atoms with Crippen molar-refractivity contribution < 1.29 is 14.6 Å². The number of rotatable bonds is 14. The van der Waals surface area contributed by atoms with E-state index in [-0.39, 0.29) is 12.1 Å². The first-order valence-electron chi connectivity index (χ1n) is 9.06. The second kappa shape index (κ2) is 15.1. The number of unbranched alkanes of at least 4 members (excludes halogenated alkanes) is 7. The molecule has 130 valence electrons. The van der Waals surface area contributed by atoms with Gasteiger partial charge in [-0.05, 0) is 45.4 Å². The van der Waals surface area contributed by atoms with Gasteiger partial charge in [-0.15, -0.1) is 0 Å². The first kappa shape index (κ1) is 21.2. The average molecular weight is 312 g/mol. The number of aliphatic hydroxyl groups excluding tert-OH is 1. The summed E-state index contributed by atoms with van der Waals surface area (Å²) in [5, 5.41) is 9.38. The highest BCUT2D eigenvalue weighted by Crippen LogP contribution is 2.12. The summed E-state index contributed by atoms with van der Waals surface area (Å²) in [6.45, 7) is 6.27. The molecule has 0 spiro atoms. The molecule has 0 aromatic rings. The largest absolute Gasteiger partial charge is 0.466 e. The van der Waals surface area contributed by atoms with Crippen molar-refractivity contribution in [1.82, 2.24) is 0 Å². The molecule has 0 aliphatic rings. The summed E-state index contributed by atoms with van der Waals surface area (Å²) in [6, 6.07) is 0. The highest BCUT2D eigenvalue weighted by atomic mass is 16.5. The lowest BCUT2D eigenvalue weighted by Gasteiger charge is -2.10. The van der Waals surface area contributed by atoms with Gasteiger partial charge < -0.3 is 9.84 Å². The van der Waals surface area contributed by atoms with Gasteiger partial charge >= 0.3 is 5.97 Å². The number of carbonyl (C=O) groups excluding carboxylic acids is 1. The Balaban J connectivity index is 3.24. The molecule has 0 aromatic carbocycles. The van der Waals surface area contributed by atoms with Crippen LogP contribution in [0, 0.1) is 5.92 Å². The Bertz CT molecular complexity index is 284. The van der Waals surface area contributed by atoms with Crippen LogP contribution >= 0.6 is 0 Å². The second-order valence-corrected chi connectivity index (χ2v) is 6.24. The highest BCUT2D eigenvalue weighted by Gasteiger charge is 2.05. The third kappa shape index (κ3) is 14.1. The summed E-state index contributed by atoms with van der Waals surface area (Å²) in [6.07, 6.45) is 15.3. The Labute approximate surface area is 137 Å². The predicted octanol–water partition coefficient (Wildman–Crippen LogP) is 5.02. The maximum Gasteiger partial charge on any atom is 0.305 e. The van der Waals surface area contributed by atoms with Crippen molar-refractivity contribution in [2.75, 3.05) is 6.61 Å². The highest BCUT2D eigenvalue weighted by molar-refractivity contribution is 5.69. The van der Waals surface area contributed by atoms with Gasteiger partial charge in [-0.2, -0.15) is 0 Å². The van der Waals surface area contributed by atoms with E-state index in [1.54, 1.807) is 0 Å². The lowest BCUT2D eigenvalue weighted by molar-refractivity contribution is -0.143. The van der Waals surface area contributed by atoms with E-state index < -0.39 is 0 Å². The number of ether oxygens (including phenoxy) is 1. The van der Waals surface area contributed by atoms with Gasteiger partial charge in [-0.1, -0.05) is 51.2 Å². The minimum atomic E-state index is -0.214. The van der Waals surface area contributed by atoms with E-state index in [2.05, 4.69) is 19.1 Å². The third-order valence-electron chi connectivity index (χ3n) is 4.06. The first-order valence-corrected chi connectivity index (χ1v) is 9.06. The van der Waals surface area contributed by atoms with Gasteiger partial charge in [0.05, 0.1) is 12.7 Å². The molecule has 0 saturated carbocycles. The van der Waals surface area contributed by atoms with Crippen molar-refractivity contribution in [3.63, 3.8) is 0 Å². The Morgan fingerprint density at radius 3 is 2.18 bits per heavy atom. The van der Waals surface area contributed by atoms with Gasteiger partial charge in [0.2, 0.25) is 0 Å². The third-order valence-corrected chi connectivity index (χ3v) is 4.06. The van der Waals surface area contributed by atoms with Gasteiger partial charge in [-0.3, -0.25) is 4.79 Å². The molecule has 0 radical (unpaired) electrons. The summed E-state index contributed by atoms with van der Waals surface area (Å²) in [5.74, 6) is 0.296. The van der Waals surface area contributed by atoms with Crippen LogP contribution in [0.25, 0.3) is 0 Å². The Hall–Kier alpha value is -0.830. The van der Waals surface area contributed by atoms with Crippen LogP contribution in [-0.2, 0) is 9.53 Å². The van der Waals surface area contributed by atoms with E-state index in [0.29, 0.717) is 18.9 Å². The molecule has 0 aliphatic carbocycles. The van der Waals surface area contributed by atoms with Gasteiger partial charge in [0.25, 0.3) is 0 Å². The Morgan fingerprint density at radius 2 is 1.59 bits per heavy atom. The Kier molecular flexibility index (Phi) is 14.5. The maximum absolute atomic E-state index is 11.1. The molecular weight excluding hydrogens is 276 g/mol. The zero-order chi connectivity index (χ0) is 16.6. The summed E-state index contributed by atoms with van der Waals surface area (Å²) in [5.41, 5.74) is 0. The summed E-state index contributed by atoms with van der Waals surface area (Å²) < 4.78 is 4.90. The fourth-order valence-corrected chi connectivity index (χ4v) is 2.27. The molecule has 0 saturated heterocycles. The molecule has 1 N–H and O–H groups in total. The van der Waals surface area contributed by atoms with Crippen molar-refractivity contribution in [1.29, 1.82) is 0 Å². The molecule has 3 nitrogen and oxygen atoms in total. The van der Waals surface area contributed by atoms with Gasteiger partial charge in [-0.25, -0.2) is 0 Å². The van der Waals surface area contributed by atoms with Gasteiger partial charge in [0, 0.05) is 6.42 Å². The summed E-state index contributed by atoms with van der Waals surface area (Å²) >= 11 is 0. The molecule has 0 amide bonds. The molecule has 0 heterocycles. The average Bonchev–Trinajstić information content (AvgIpc) is 2.48. The molecule has 0 unspecified atom stereocenters. The molecule has 0 aliphatic heterocycles. The van der Waals surface area contributed by atoms with E-state index in [0.717, 1.165) is 25.7 Å². The van der Waals surface area contributed by atoms with Crippen LogP contribution in [0.2, 0.25) is 0 Å². The fourth-order valence-electron chi connectivity index (χ4n) is 2.27. The lowest BCUT2D eigenvalue weighted by atomic mass is 10.0. The molecule has 0 aromatic heterocycles. The fraction of sp³-hybridized carbons (Fsp3) is 0.842. The number of hydrogen-bond acceptors (Lipinski definition) is 3. The molecule has 0 fully saturated rings. The van der Waals surface area contributed by atoms with Crippen LogP contribution < -0.4 is 0 Å². The molecular formula is C19H36O3. The van der Waals surface area contributed by atoms with Crippen LogP contribution in [0.5, 0.6) is 0 Å². The number of carbonyl (C=O) groups is 1. The van der Waals surface area contributed by atoms with E-state index in [4.69, 9.17) is 4.74 Å². The topological polar surface area (TPSA) is 46.5 Å². The molecule has 2 atom stereocenters. The van der Waals surface area contributed by atoms with E-state index in [1.807, 2.05) is 13.8 Å². The van der Waals surface area contributed by atoms with Crippen LogP contribution in [0.4, 0.5) is 0 Å². The van der Waals surface area contributed by atoms with E-state index in [1.165, 1.54) is 32.1 Å².